The van der Waals surface area contributed by atoms with E-state index in [0.29, 0.717) is 0 Å². The van der Waals surface area contributed by atoms with E-state index in [1.54, 1.807) is 26.0 Å². The van der Waals surface area contributed by atoms with Gasteiger partial charge in [-0.15, -0.1) is 11.6 Å². The van der Waals surface area contributed by atoms with Crippen molar-refractivity contribution in [3.05, 3.63) is 35.9 Å². The molecule has 84 valence electrons. The van der Waals surface area contributed by atoms with Crippen LogP contribution in [-0.2, 0) is 4.79 Å². The van der Waals surface area contributed by atoms with E-state index in [0.717, 1.165) is 5.56 Å². The van der Waals surface area contributed by atoms with Crippen molar-refractivity contribution >= 4 is 17.5 Å². The van der Waals surface area contributed by atoms with Crippen LogP contribution in [0, 0.1) is 11.3 Å². The molecule has 0 radical (unpaired) electrons. The standard InChI is InChI=1S/C12H13ClN2O/c1-12(2,8-14)15-11(16)10(13)9-6-4-3-5-7-9/h3-7,10H,1-2H3,(H,15,16). The van der Waals surface area contributed by atoms with Crippen molar-refractivity contribution in [1.82, 2.24) is 5.32 Å². The molecule has 3 nitrogen and oxygen atoms in total. The summed E-state index contributed by atoms with van der Waals surface area (Å²) < 4.78 is 0. The SMILES string of the molecule is CC(C)(C#N)NC(=O)C(Cl)c1ccccc1. The maximum atomic E-state index is 11.7. The first kappa shape index (κ1) is 12.5. The number of carbonyl (C=O) groups is 1. The van der Waals surface area contributed by atoms with Crippen LogP contribution in [0.25, 0.3) is 0 Å². The van der Waals surface area contributed by atoms with E-state index >= 15 is 0 Å². The van der Waals surface area contributed by atoms with E-state index in [9.17, 15) is 4.79 Å². The fourth-order valence-corrected chi connectivity index (χ4v) is 1.37. The number of benzene rings is 1. The van der Waals surface area contributed by atoms with Gasteiger partial charge in [-0.1, -0.05) is 30.3 Å². The van der Waals surface area contributed by atoms with E-state index in [1.165, 1.54) is 0 Å². The molecule has 1 aromatic carbocycles. The van der Waals surface area contributed by atoms with Crippen LogP contribution in [0.2, 0.25) is 0 Å². The lowest BCUT2D eigenvalue weighted by atomic mass is 10.1. The Balaban J connectivity index is 2.74. The zero-order valence-electron chi connectivity index (χ0n) is 9.20. The van der Waals surface area contributed by atoms with Gasteiger partial charge in [0.25, 0.3) is 0 Å². The molecule has 0 aliphatic carbocycles. The average Bonchev–Trinajstić information content (AvgIpc) is 2.28. The number of hydrogen-bond donors (Lipinski definition) is 1. The molecule has 0 spiro atoms. The third-order valence-electron chi connectivity index (χ3n) is 2.04. The molecule has 1 aromatic rings. The number of nitriles is 1. The summed E-state index contributed by atoms with van der Waals surface area (Å²) in [6.45, 7) is 3.25. The number of amides is 1. The van der Waals surface area contributed by atoms with Gasteiger partial charge in [0.2, 0.25) is 5.91 Å². The predicted molar refractivity (Wildman–Crippen MR) is 62.9 cm³/mol. The van der Waals surface area contributed by atoms with Crippen molar-refractivity contribution < 1.29 is 4.79 Å². The highest BCUT2D eigenvalue weighted by atomic mass is 35.5. The molecule has 1 rings (SSSR count). The van der Waals surface area contributed by atoms with E-state index in [4.69, 9.17) is 16.9 Å². The van der Waals surface area contributed by atoms with Crippen LogP contribution in [-0.4, -0.2) is 11.4 Å². The molecule has 1 atom stereocenters. The Morgan fingerprint density at radius 2 is 2.00 bits per heavy atom. The van der Waals surface area contributed by atoms with Crippen LogP contribution in [0.15, 0.2) is 30.3 Å². The van der Waals surface area contributed by atoms with Crippen LogP contribution in [0.1, 0.15) is 24.8 Å². The van der Waals surface area contributed by atoms with E-state index in [-0.39, 0.29) is 5.91 Å². The zero-order valence-corrected chi connectivity index (χ0v) is 9.95. The second kappa shape index (κ2) is 5.00. The number of carbonyl (C=O) groups excluding carboxylic acids is 1. The molecule has 0 saturated carbocycles. The predicted octanol–water partition coefficient (Wildman–Crippen LogP) is 2.38. The van der Waals surface area contributed by atoms with Crippen molar-refractivity contribution in [1.29, 1.82) is 5.26 Å². The average molecular weight is 237 g/mol. The smallest absolute Gasteiger partial charge is 0.243 e. The maximum absolute atomic E-state index is 11.7. The summed E-state index contributed by atoms with van der Waals surface area (Å²) in [7, 11) is 0. The summed E-state index contributed by atoms with van der Waals surface area (Å²) in [6.07, 6.45) is 0. The largest absolute Gasteiger partial charge is 0.337 e. The van der Waals surface area contributed by atoms with Gasteiger partial charge in [0.1, 0.15) is 10.9 Å². The van der Waals surface area contributed by atoms with Gasteiger partial charge in [0, 0.05) is 0 Å². The number of hydrogen-bond acceptors (Lipinski definition) is 2. The van der Waals surface area contributed by atoms with E-state index < -0.39 is 10.9 Å². The van der Waals surface area contributed by atoms with Crippen molar-refractivity contribution in [2.75, 3.05) is 0 Å². The number of alkyl halides is 1. The van der Waals surface area contributed by atoms with Crippen LogP contribution >= 0.6 is 11.6 Å². The topological polar surface area (TPSA) is 52.9 Å². The van der Waals surface area contributed by atoms with Gasteiger partial charge in [-0.3, -0.25) is 4.79 Å². The highest BCUT2D eigenvalue weighted by Gasteiger charge is 2.24. The lowest BCUT2D eigenvalue weighted by Gasteiger charge is -2.19. The fraction of sp³-hybridized carbons (Fsp3) is 0.333. The molecule has 1 amide bonds. The second-order valence-corrected chi connectivity index (χ2v) is 4.44. The molecule has 0 aromatic heterocycles. The summed E-state index contributed by atoms with van der Waals surface area (Å²) in [6, 6.07) is 11.0. The molecule has 0 aliphatic heterocycles. The minimum atomic E-state index is -0.904. The second-order valence-electron chi connectivity index (χ2n) is 4.00. The van der Waals surface area contributed by atoms with Gasteiger partial charge in [0.05, 0.1) is 6.07 Å². The fourth-order valence-electron chi connectivity index (χ4n) is 1.17. The Bertz CT molecular complexity index is 409. The third-order valence-corrected chi connectivity index (χ3v) is 2.49. The first-order valence-corrected chi connectivity index (χ1v) is 5.32. The molecule has 4 heteroatoms. The third kappa shape index (κ3) is 3.25. The molecular weight excluding hydrogens is 224 g/mol. The van der Waals surface area contributed by atoms with Gasteiger partial charge in [-0.2, -0.15) is 5.26 Å². The van der Waals surface area contributed by atoms with Crippen LogP contribution in [0.3, 0.4) is 0 Å². The lowest BCUT2D eigenvalue weighted by Crippen LogP contribution is -2.43. The van der Waals surface area contributed by atoms with E-state index in [1.807, 2.05) is 24.3 Å². The van der Waals surface area contributed by atoms with Crippen molar-refractivity contribution in [2.24, 2.45) is 0 Å². The van der Waals surface area contributed by atoms with Crippen molar-refractivity contribution in [2.45, 2.75) is 24.8 Å². The molecule has 0 saturated heterocycles. The Kier molecular flexibility index (Phi) is 3.92. The summed E-state index contributed by atoms with van der Waals surface area (Å²) in [5.74, 6) is -0.362. The van der Waals surface area contributed by atoms with Crippen LogP contribution < -0.4 is 5.32 Å². The molecule has 0 aliphatic rings. The number of rotatable bonds is 3. The first-order chi connectivity index (χ1) is 7.46. The van der Waals surface area contributed by atoms with Gasteiger partial charge >= 0.3 is 0 Å². The summed E-state index contributed by atoms with van der Waals surface area (Å²) in [5.41, 5.74) is -0.186. The molecule has 16 heavy (non-hydrogen) atoms. The Hall–Kier alpha value is -1.53. The van der Waals surface area contributed by atoms with Gasteiger partial charge in [-0.25, -0.2) is 0 Å². The molecule has 0 bridgehead atoms. The van der Waals surface area contributed by atoms with Crippen LogP contribution in [0.5, 0.6) is 0 Å². The minimum Gasteiger partial charge on any atom is -0.337 e. The zero-order chi connectivity index (χ0) is 12.2. The van der Waals surface area contributed by atoms with Crippen molar-refractivity contribution in [3.8, 4) is 6.07 Å². The Morgan fingerprint density at radius 3 is 2.50 bits per heavy atom. The van der Waals surface area contributed by atoms with Crippen LogP contribution in [0.4, 0.5) is 0 Å². The van der Waals surface area contributed by atoms with Gasteiger partial charge < -0.3 is 5.32 Å². The first-order valence-electron chi connectivity index (χ1n) is 4.88. The quantitative estimate of drug-likeness (QED) is 0.820. The van der Waals surface area contributed by atoms with Crippen molar-refractivity contribution in [3.63, 3.8) is 0 Å². The number of nitrogens with one attached hydrogen (secondary N) is 1. The Labute approximate surface area is 100 Å². The number of nitrogens with zero attached hydrogens (tertiary/aromatic N) is 1. The summed E-state index contributed by atoms with van der Waals surface area (Å²) >= 11 is 6.00. The highest BCUT2D eigenvalue weighted by Crippen LogP contribution is 2.20. The maximum Gasteiger partial charge on any atom is 0.243 e. The highest BCUT2D eigenvalue weighted by molar-refractivity contribution is 6.30. The molecular formula is C12H13ClN2O. The summed E-state index contributed by atoms with van der Waals surface area (Å²) in [4.78, 5) is 11.7. The summed E-state index contributed by atoms with van der Waals surface area (Å²) in [5, 5.41) is 10.6. The molecule has 1 N–H and O–H groups in total. The monoisotopic (exact) mass is 236 g/mol. The van der Waals surface area contributed by atoms with E-state index in [2.05, 4.69) is 5.32 Å². The lowest BCUT2D eigenvalue weighted by molar-refractivity contribution is -0.121. The molecule has 0 heterocycles. The Morgan fingerprint density at radius 1 is 1.44 bits per heavy atom. The number of halogens is 1. The normalized spacial score (nSPS) is 12.6. The molecule has 0 fully saturated rings. The van der Waals surface area contributed by atoms with Gasteiger partial charge in [-0.05, 0) is 19.4 Å². The molecule has 1 unspecified atom stereocenters. The minimum absolute atomic E-state index is 0.362. The van der Waals surface area contributed by atoms with Gasteiger partial charge in [0.15, 0.2) is 0 Å².